The van der Waals surface area contributed by atoms with E-state index in [4.69, 9.17) is 0 Å². The van der Waals surface area contributed by atoms with Crippen molar-refractivity contribution >= 4 is 16.1 Å². The monoisotopic (exact) mass is 353 g/mol. The van der Waals surface area contributed by atoms with Crippen LogP contribution in [0.5, 0.6) is 0 Å². The zero-order valence-corrected chi connectivity index (χ0v) is 15.5. The van der Waals surface area contributed by atoms with E-state index in [1.807, 2.05) is 26.0 Å². The number of hydrogen-bond donors (Lipinski definition) is 1. The van der Waals surface area contributed by atoms with Gasteiger partial charge in [-0.05, 0) is 31.9 Å². The SMILES string of the molecule is CCCCNC(=O)N1CCN(S(=O)(=O)c2ccc(C)cc2C)CC1. The Morgan fingerprint density at radius 2 is 1.83 bits per heavy atom. The Kier molecular flexibility index (Phi) is 6.23. The number of sulfonamides is 1. The Hall–Kier alpha value is -1.60. The van der Waals surface area contributed by atoms with Crippen LogP contribution in [0.4, 0.5) is 4.79 Å². The molecule has 2 amide bonds. The van der Waals surface area contributed by atoms with Crippen LogP contribution >= 0.6 is 0 Å². The first-order valence-corrected chi connectivity index (χ1v) is 9.90. The second-order valence-electron chi connectivity index (χ2n) is 6.25. The summed E-state index contributed by atoms with van der Waals surface area (Å²) in [7, 11) is -3.50. The van der Waals surface area contributed by atoms with Gasteiger partial charge in [0.2, 0.25) is 10.0 Å². The number of nitrogens with zero attached hydrogens (tertiary/aromatic N) is 2. The first-order valence-electron chi connectivity index (χ1n) is 8.46. The van der Waals surface area contributed by atoms with Crippen LogP contribution in [0.1, 0.15) is 30.9 Å². The molecule has 0 spiro atoms. The fourth-order valence-corrected chi connectivity index (χ4v) is 4.47. The van der Waals surface area contributed by atoms with E-state index in [-0.39, 0.29) is 6.03 Å². The molecule has 1 aliphatic rings. The van der Waals surface area contributed by atoms with Crippen molar-refractivity contribution in [1.82, 2.24) is 14.5 Å². The molecular formula is C17H27N3O3S. The van der Waals surface area contributed by atoms with E-state index in [2.05, 4.69) is 12.2 Å². The molecule has 1 saturated heterocycles. The number of hydrogen-bond acceptors (Lipinski definition) is 3. The number of piperazine rings is 1. The van der Waals surface area contributed by atoms with Crippen molar-refractivity contribution in [2.45, 2.75) is 38.5 Å². The molecule has 0 bridgehead atoms. The highest BCUT2D eigenvalue weighted by molar-refractivity contribution is 7.89. The number of nitrogens with one attached hydrogen (secondary N) is 1. The van der Waals surface area contributed by atoms with Crippen LogP contribution in [0.2, 0.25) is 0 Å². The lowest BCUT2D eigenvalue weighted by Gasteiger charge is -2.34. The van der Waals surface area contributed by atoms with E-state index in [1.54, 1.807) is 11.0 Å². The topological polar surface area (TPSA) is 69.7 Å². The number of urea groups is 1. The van der Waals surface area contributed by atoms with Crippen LogP contribution in [0.15, 0.2) is 23.1 Å². The molecule has 1 fully saturated rings. The maximum absolute atomic E-state index is 12.8. The number of aryl methyl sites for hydroxylation is 2. The molecule has 24 heavy (non-hydrogen) atoms. The van der Waals surface area contributed by atoms with Gasteiger partial charge in [-0.15, -0.1) is 0 Å². The van der Waals surface area contributed by atoms with Crippen molar-refractivity contribution in [1.29, 1.82) is 0 Å². The van der Waals surface area contributed by atoms with Gasteiger partial charge in [0.25, 0.3) is 0 Å². The minimum atomic E-state index is -3.50. The second kappa shape index (κ2) is 7.98. The molecule has 0 aliphatic carbocycles. The lowest BCUT2D eigenvalue weighted by Crippen LogP contribution is -2.53. The van der Waals surface area contributed by atoms with Crippen molar-refractivity contribution in [3.8, 4) is 0 Å². The number of benzene rings is 1. The summed E-state index contributed by atoms with van der Waals surface area (Å²) in [6, 6.07) is 5.26. The summed E-state index contributed by atoms with van der Waals surface area (Å²) < 4.78 is 27.1. The quantitative estimate of drug-likeness (QED) is 0.825. The summed E-state index contributed by atoms with van der Waals surface area (Å²) in [5, 5.41) is 2.87. The van der Waals surface area contributed by atoms with Gasteiger partial charge in [-0.25, -0.2) is 13.2 Å². The predicted molar refractivity (Wildman–Crippen MR) is 94.6 cm³/mol. The first kappa shape index (κ1) is 18.7. The standard InChI is InChI=1S/C17H27N3O3S/c1-4-5-8-18-17(21)19-9-11-20(12-10-19)24(22,23)16-7-6-14(2)13-15(16)3/h6-7,13H,4-5,8-12H2,1-3H3,(H,18,21). The Morgan fingerprint density at radius 3 is 2.42 bits per heavy atom. The number of rotatable bonds is 5. The van der Waals surface area contributed by atoms with E-state index in [9.17, 15) is 13.2 Å². The van der Waals surface area contributed by atoms with Crippen LogP contribution in [0.25, 0.3) is 0 Å². The van der Waals surface area contributed by atoms with E-state index < -0.39 is 10.0 Å². The molecular weight excluding hydrogens is 326 g/mol. The number of carbonyl (C=O) groups excluding carboxylic acids is 1. The molecule has 7 heteroatoms. The zero-order valence-electron chi connectivity index (χ0n) is 14.7. The third-order valence-electron chi connectivity index (χ3n) is 4.28. The summed E-state index contributed by atoms with van der Waals surface area (Å²) in [4.78, 5) is 14.1. The summed E-state index contributed by atoms with van der Waals surface area (Å²) in [6.07, 6.45) is 1.98. The van der Waals surface area contributed by atoms with Gasteiger partial charge in [0.05, 0.1) is 4.90 Å². The van der Waals surface area contributed by atoms with E-state index in [0.29, 0.717) is 37.6 Å². The van der Waals surface area contributed by atoms with E-state index in [0.717, 1.165) is 24.0 Å². The highest BCUT2D eigenvalue weighted by atomic mass is 32.2. The fraction of sp³-hybridized carbons (Fsp3) is 0.588. The molecule has 2 rings (SSSR count). The Labute approximate surface area is 144 Å². The molecule has 0 aromatic heterocycles. The van der Waals surface area contributed by atoms with Crippen molar-refractivity contribution in [2.24, 2.45) is 0 Å². The minimum absolute atomic E-state index is 0.105. The molecule has 0 unspecified atom stereocenters. The first-order chi connectivity index (χ1) is 11.4. The maximum Gasteiger partial charge on any atom is 0.317 e. The van der Waals surface area contributed by atoms with Crippen LogP contribution in [0.3, 0.4) is 0 Å². The lowest BCUT2D eigenvalue weighted by molar-refractivity contribution is 0.172. The molecule has 1 aromatic carbocycles. The highest BCUT2D eigenvalue weighted by Crippen LogP contribution is 2.22. The zero-order chi connectivity index (χ0) is 17.7. The summed E-state index contributed by atoms with van der Waals surface area (Å²) in [5.41, 5.74) is 1.80. The van der Waals surface area contributed by atoms with Crippen LogP contribution in [0, 0.1) is 13.8 Å². The summed E-state index contributed by atoms with van der Waals surface area (Å²) in [5.74, 6) is 0. The van der Waals surface area contributed by atoms with Crippen molar-refractivity contribution in [2.75, 3.05) is 32.7 Å². The minimum Gasteiger partial charge on any atom is -0.338 e. The van der Waals surface area contributed by atoms with Crippen LogP contribution in [-0.4, -0.2) is 56.4 Å². The van der Waals surface area contributed by atoms with Gasteiger partial charge in [-0.2, -0.15) is 4.31 Å². The molecule has 0 atom stereocenters. The third kappa shape index (κ3) is 4.27. The normalized spacial score (nSPS) is 16.2. The molecule has 1 N–H and O–H groups in total. The van der Waals surface area contributed by atoms with Crippen molar-refractivity contribution in [3.05, 3.63) is 29.3 Å². The van der Waals surface area contributed by atoms with Crippen molar-refractivity contribution in [3.63, 3.8) is 0 Å². The summed E-state index contributed by atoms with van der Waals surface area (Å²) in [6.45, 7) is 7.99. The van der Waals surface area contributed by atoms with Crippen molar-refractivity contribution < 1.29 is 13.2 Å². The molecule has 1 heterocycles. The maximum atomic E-state index is 12.8. The Morgan fingerprint density at radius 1 is 1.17 bits per heavy atom. The average molecular weight is 353 g/mol. The van der Waals surface area contributed by atoms with Crippen LogP contribution < -0.4 is 5.32 Å². The van der Waals surface area contributed by atoms with Crippen LogP contribution in [-0.2, 0) is 10.0 Å². The largest absolute Gasteiger partial charge is 0.338 e. The molecule has 134 valence electrons. The van der Waals surface area contributed by atoms with E-state index in [1.165, 1.54) is 4.31 Å². The molecule has 1 aliphatic heterocycles. The predicted octanol–water partition coefficient (Wildman–Crippen LogP) is 2.12. The van der Waals surface area contributed by atoms with Gasteiger partial charge in [0.1, 0.15) is 0 Å². The van der Waals surface area contributed by atoms with Gasteiger partial charge in [-0.3, -0.25) is 0 Å². The third-order valence-corrected chi connectivity index (χ3v) is 6.34. The van der Waals surface area contributed by atoms with E-state index >= 15 is 0 Å². The molecule has 0 radical (unpaired) electrons. The number of amides is 2. The Balaban J connectivity index is 1.99. The smallest absolute Gasteiger partial charge is 0.317 e. The van der Waals surface area contributed by atoms with Gasteiger partial charge in [0, 0.05) is 32.7 Å². The Bertz CT molecular complexity index is 680. The molecule has 1 aromatic rings. The number of unbranched alkanes of at least 4 members (excludes halogenated alkanes) is 1. The van der Waals surface area contributed by atoms with Gasteiger partial charge in [0.15, 0.2) is 0 Å². The average Bonchev–Trinajstić information content (AvgIpc) is 2.54. The van der Waals surface area contributed by atoms with Gasteiger partial charge in [-0.1, -0.05) is 31.0 Å². The lowest BCUT2D eigenvalue weighted by atomic mass is 10.2. The van der Waals surface area contributed by atoms with Gasteiger partial charge < -0.3 is 10.2 Å². The highest BCUT2D eigenvalue weighted by Gasteiger charge is 2.30. The summed E-state index contributed by atoms with van der Waals surface area (Å²) >= 11 is 0. The molecule has 0 saturated carbocycles. The fourth-order valence-electron chi connectivity index (χ4n) is 2.84. The second-order valence-corrected chi connectivity index (χ2v) is 8.15. The molecule has 6 nitrogen and oxygen atoms in total. The van der Waals surface area contributed by atoms with Gasteiger partial charge >= 0.3 is 6.03 Å². The number of carbonyl (C=O) groups is 1.